The van der Waals surface area contributed by atoms with Gasteiger partial charge in [0.05, 0.1) is 29.9 Å². The molecule has 0 saturated carbocycles. The molecule has 1 amide bonds. The van der Waals surface area contributed by atoms with Gasteiger partial charge in [-0.2, -0.15) is 0 Å². The van der Waals surface area contributed by atoms with E-state index < -0.39 is 6.09 Å². The van der Waals surface area contributed by atoms with E-state index in [9.17, 15) is 4.79 Å². The zero-order valence-corrected chi connectivity index (χ0v) is 14.7. The van der Waals surface area contributed by atoms with Gasteiger partial charge in [0, 0.05) is 13.1 Å². The Morgan fingerprint density at radius 1 is 1.48 bits per heavy atom. The van der Waals surface area contributed by atoms with E-state index in [2.05, 4.69) is 19.9 Å². The van der Waals surface area contributed by atoms with Gasteiger partial charge in [-0.1, -0.05) is 6.07 Å². The lowest BCUT2D eigenvalue weighted by Gasteiger charge is -2.31. The molecule has 132 valence electrons. The molecule has 3 rings (SSSR count). The summed E-state index contributed by atoms with van der Waals surface area (Å²) in [6.45, 7) is 2.48. The molecule has 7 nitrogen and oxygen atoms in total. The fourth-order valence-electron chi connectivity index (χ4n) is 2.55. The predicted molar refractivity (Wildman–Crippen MR) is 99.3 cm³/mol. The van der Waals surface area contributed by atoms with E-state index in [1.165, 1.54) is 7.11 Å². The second-order valence-corrected chi connectivity index (χ2v) is 6.33. The largest absolute Gasteiger partial charge is 0.490 e. The van der Waals surface area contributed by atoms with Gasteiger partial charge in [0.1, 0.15) is 18.2 Å². The van der Waals surface area contributed by atoms with Crippen molar-refractivity contribution in [1.29, 1.82) is 0 Å². The fourth-order valence-corrected chi connectivity index (χ4v) is 3.17. The molecular formula is C17H20N4O3S. The van der Waals surface area contributed by atoms with Gasteiger partial charge in [0.2, 0.25) is 0 Å². The molecule has 0 radical (unpaired) electrons. The van der Waals surface area contributed by atoms with E-state index in [4.69, 9.17) is 10.5 Å². The van der Waals surface area contributed by atoms with Crippen molar-refractivity contribution in [1.82, 2.24) is 5.32 Å². The van der Waals surface area contributed by atoms with Crippen LogP contribution in [0.4, 0.5) is 16.2 Å². The van der Waals surface area contributed by atoms with Crippen LogP contribution >= 0.6 is 11.3 Å². The quantitative estimate of drug-likeness (QED) is 0.631. The monoisotopic (exact) mass is 360 g/mol. The molecule has 1 aromatic carbocycles. The standard InChI is InChI=1S/C17H20N4O3S/c1-23-17(22)19-6-7-21-8-9-24-14-5-4-12(11-13(14)21)20-16(18)15-3-2-10-25-15/h2-5,10-11H,6-9H2,1H3,(H2,18,20)(H,19,22). The first kappa shape index (κ1) is 17.1. The van der Waals surface area contributed by atoms with E-state index in [0.29, 0.717) is 25.5 Å². The van der Waals surface area contributed by atoms with E-state index in [1.54, 1.807) is 11.3 Å². The second-order valence-electron chi connectivity index (χ2n) is 5.38. The third-order valence-corrected chi connectivity index (χ3v) is 4.65. The number of carbonyl (C=O) groups is 1. The number of rotatable bonds is 5. The summed E-state index contributed by atoms with van der Waals surface area (Å²) in [4.78, 5) is 18.8. The minimum atomic E-state index is -0.435. The highest BCUT2D eigenvalue weighted by Gasteiger charge is 2.18. The van der Waals surface area contributed by atoms with Crippen molar-refractivity contribution in [3.05, 3.63) is 40.6 Å². The number of nitrogens with two attached hydrogens (primary N) is 1. The number of nitrogens with zero attached hydrogens (tertiary/aromatic N) is 2. The van der Waals surface area contributed by atoms with Crippen molar-refractivity contribution in [2.75, 3.05) is 38.3 Å². The second kappa shape index (κ2) is 7.89. The SMILES string of the molecule is COC(=O)NCCN1CCOc2ccc(N=C(N)c3cccs3)cc21. The Kier molecular flexibility index (Phi) is 5.39. The molecule has 25 heavy (non-hydrogen) atoms. The Bertz CT molecular complexity index is 761. The molecule has 0 aliphatic carbocycles. The van der Waals surface area contributed by atoms with E-state index in [0.717, 1.165) is 28.5 Å². The lowest BCUT2D eigenvalue weighted by atomic mass is 10.2. The molecular weight excluding hydrogens is 340 g/mol. The van der Waals surface area contributed by atoms with Gasteiger partial charge in [-0.05, 0) is 29.6 Å². The van der Waals surface area contributed by atoms with Crippen LogP contribution in [0, 0.1) is 0 Å². The van der Waals surface area contributed by atoms with Crippen LogP contribution in [0.15, 0.2) is 40.7 Å². The minimum Gasteiger partial charge on any atom is -0.490 e. The first-order chi connectivity index (χ1) is 12.2. The first-order valence-corrected chi connectivity index (χ1v) is 8.77. The van der Waals surface area contributed by atoms with Crippen LogP contribution in [0.5, 0.6) is 5.75 Å². The van der Waals surface area contributed by atoms with E-state index in [-0.39, 0.29) is 0 Å². The van der Waals surface area contributed by atoms with Crippen LogP contribution in [-0.4, -0.2) is 45.3 Å². The summed E-state index contributed by atoms with van der Waals surface area (Å²) >= 11 is 1.55. The van der Waals surface area contributed by atoms with Gasteiger partial charge >= 0.3 is 6.09 Å². The molecule has 3 N–H and O–H groups in total. The van der Waals surface area contributed by atoms with Crippen molar-refractivity contribution in [2.24, 2.45) is 10.7 Å². The summed E-state index contributed by atoms with van der Waals surface area (Å²) in [6.07, 6.45) is -0.435. The highest BCUT2D eigenvalue weighted by atomic mass is 32.1. The Morgan fingerprint density at radius 3 is 3.12 bits per heavy atom. The molecule has 1 aliphatic heterocycles. The summed E-state index contributed by atoms with van der Waals surface area (Å²) < 4.78 is 10.3. The minimum absolute atomic E-state index is 0.435. The van der Waals surface area contributed by atoms with Crippen molar-refractivity contribution in [3.8, 4) is 5.75 Å². The number of nitrogens with one attached hydrogen (secondary N) is 1. The number of benzene rings is 1. The van der Waals surface area contributed by atoms with Crippen molar-refractivity contribution in [2.45, 2.75) is 0 Å². The number of fused-ring (bicyclic) bond motifs is 1. The number of hydrogen-bond acceptors (Lipinski definition) is 6. The predicted octanol–water partition coefficient (Wildman–Crippen LogP) is 2.34. The van der Waals surface area contributed by atoms with Gasteiger partial charge < -0.3 is 25.4 Å². The number of amidine groups is 1. The third-order valence-electron chi connectivity index (χ3n) is 3.76. The Morgan fingerprint density at radius 2 is 2.36 bits per heavy atom. The van der Waals surface area contributed by atoms with Crippen LogP contribution in [0.3, 0.4) is 0 Å². The van der Waals surface area contributed by atoms with E-state index in [1.807, 2.05) is 35.7 Å². The molecule has 8 heteroatoms. The number of thiophene rings is 1. The maximum atomic E-state index is 11.2. The van der Waals surface area contributed by atoms with Crippen LogP contribution in [0.25, 0.3) is 0 Å². The lowest BCUT2D eigenvalue weighted by Crippen LogP contribution is -2.39. The number of methoxy groups -OCH3 is 1. The normalized spacial score (nSPS) is 13.8. The molecule has 0 bridgehead atoms. The number of amides is 1. The number of alkyl carbamates (subject to hydrolysis) is 1. The van der Waals surface area contributed by atoms with Crippen LogP contribution in [-0.2, 0) is 4.74 Å². The van der Waals surface area contributed by atoms with Gasteiger partial charge in [0.25, 0.3) is 0 Å². The number of hydrogen-bond donors (Lipinski definition) is 2. The average molecular weight is 360 g/mol. The molecule has 0 unspecified atom stereocenters. The molecule has 1 aromatic heterocycles. The van der Waals surface area contributed by atoms with Gasteiger partial charge in [-0.15, -0.1) is 11.3 Å². The molecule has 0 fully saturated rings. The zero-order valence-electron chi connectivity index (χ0n) is 13.9. The average Bonchev–Trinajstić information content (AvgIpc) is 3.16. The molecule has 1 aliphatic rings. The summed E-state index contributed by atoms with van der Waals surface area (Å²) in [7, 11) is 1.35. The fraction of sp³-hybridized carbons (Fsp3) is 0.294. The van der Waals surface area contributed by atoms with Crippen molar-refractivity contribution < 1.29 is 14.3 Å². The van der Waals surface area contributed by atoms with Crippen LogP contribution in [0.1, 0.15) is 4.88 Å². The lowest BCUT2D eigenvalue weighted by molar-refractivity contribution is 0.171. The van der Waals surface area contributed by atoms with Crippen LogP contribution in [0.2, 0.25) is 0 Å². The maximum Gasteiger partial charge on any atom is 0.406 e. The number of carbonyl (C=O) groups excluding carboxylic acids is 1. The summed E-state index contributed by atoms with van der Waals surface area (Å²) in [5.74, 6) is 1.29. The smallest absolute Gasteiger partial charge is 0.406 e. The highest BCUT2D eigenvalue weighted by Crippen LogP contribution is 2.35. The Hall–Kier alpha value is -2.74. The third kappa shape index (κ3) is 4.21. The number of ether oxygens (including phenoxy) is 2. The van der Waals surface area contributed by atoms with Crippen molar-refractivity contribution in [3.63, 3.8) is 0 Å². The highest BCUT2D eigenvalue weighted by molar-refractivity contribution is 7.12. The van der Waals surface area contributed by atoms with Crippen LogP contribution < -0.4 is 20.7 Å². The molecule has 2 aromatic rings. The van der Waals surface area contributed by atoms with Gasteiger partial charge in [-0.25, -0.2) is 9.79 Å². The molecule has 0 spiro atoms. The molecule has 0 atom stereocenters. The van der Waals surface area contributed by atoms with E-state index >= 15 is 0 Å². The van der Waals surface area contributed by atoms with Crippen molar-refractivity contribution >= 4 is 34.6 Å². The van der Waals surface area contributed by atoms with Gasteiger partial charge in [0.15, 0.2) is 0 Å². The Labute approximate surface area is 150 Å². The summed E-state index contributed by atoms with van der Waals surface area (Å²) in [5.41, 5.74) is 7.77. The van der Waals surface area contributed by atoms with Gasteiger partial charge in [-0.3, -0.25) is 0 Å². The molecule has 0 saturated heterocycles. The summed E-state index contributed by atoms with van der Waals surface area (Å²) in [6, 6.07) is 9.62. The number of aliphatic imine (C=N–C) groups is 1. The first-order valence-electron chi connectivity index (χ1n) is 7.89. The molecule has 2 heterocycles. The maximum absolute atomic E-state index is 11.2. The summed E-state index contributed by atoms with van der Waals surface area (Å²) in [5, 5.41) is 4.65. The topological polar surface area (TPSA) is 89.2 Å². The number of anilines is 1. The Balaban J connectivity index is 1.76. The zero-order chi connectivity index (χ0) is 17.6.